The van der Waals surface area contributed by atoms with E-state index in [0.717, 1.165) is 60.4 Å². The number of aromatic nitrogens is 4. The summed E-state index contributed by atoms with van der Waals surface area (Å²) in [6.07, 6.45) is 5.92. The zero-order chi connectivity index (χ0) is 17.1. The molecule has 2 aromatic rings. The van der Waals surface area contributed by atoms with Gasteiger partial charge in [-0.05, 0) is 52.0 Å². The van der Waals surface area contributed by atoms with Gasteiger partial charge in [0.25, 0.3) is 0 Å². The van der Waals surface area contributed by atoms with E-state index >= 15 is 0 Å². The molecular formula is C18H25N5O. The maximum atomic E-state index is 5.99. The fraction of sp³-hybridized carbons (Fsp3) is 0.556. The average Bonchev–Trinajstić information content (AvgIpc) is 2.58. The van der Waals surface area contributed by atoms with Crippen molar-refractivity contribution in [2.45, 2.75) is 40.5 Å². The topological polar surface area (TPSA) is 64.0 Å². The molecule has 1 aliphatic rings. The van der Waals surface area contributed by atoms with Crippen LogP contribution < -0.4 is 9.64 Å². The number of hydrogen-bond donors (Lipinski definition) is 0. The van der Waals surface area contributed by atoms with Crippen molar-refractivity contribution in [3.63, 3.8) is 0 Å². The van der Waals surface area contributed by atoms with Crippen molar-refractivity contribution in [1.82, 2.24) is 19.9 Å². The van der Waals surface area contributed by atoms with Gasteiger partial charge < -0.3 is 9.64 Å². The molecule has 128 valence electrons. The Balaban J connectivity index is 1.53. The molecule has 0 unspecified atom stereocenters. The highest BCUT2D eigenvalue weighted by molar-refractivity contribution is 5.30. The number of anilines is 1. The number of hydrogen-bond acceptors (Lipinski definition) is 6. The number of aryl methyl sites for hydroxylation is 3. The van der Waals surface area contributed by atoms with Gasteiger partial charge in [-0.2, -0.15) is 4.98 Å². The molecule has 0 atom stereocenters. The summed E-state index contributed by atoms with van der Waals surface area (Å²) in [6.45, 7) is 10.6. The summed E-state index contributed by atoms with van der Waals surface area (Å²) < 4.78 is 5.99. The Hall–Kier alpha value is -2.24. The van der Waals surface area contributed by atoms with Gasteiger partial charge in [-0.3, -0.25) is 0 Å². The largest absolute Gasteiger partial charge is 0.477 e. The molecule has 6 nitrogen and oxygen atoms in total. The quantitative estimate of drug-likeness (QED) is 0.860. The van der Waals surface area contributed by atoms with Crippen LogP contribution in [0.25, 0.3) is 0 Å². The van der Waals surface area contributed by atoms with Crippen molar-refractivity contribution in [3.05, 3.63) is 35.0 Å². The van der Waals surface area contributed by atoms with E-state index in [9.17, 15) is 0 Å². The van der Waals surface area contributed by atoms with Crippen LogP contribution in [-0.2, 0) is 0 Å². The van der Waals surface area contributed by atoms with Crippen molar-refractivity contribution in [2.75, 3.05) is 24.6 Å². The van der Waals surface area contributed by atoms with E-state index in [-0.39, 0.29) is 0 Å². The molecule has 24 heavy (non-hydrogen) atoms. The lowest BCUT2D eigenvalue weighted by Crippen LogP contribution is -2.36. The summed E-state index contributed by atoms with van der Waals surface area (Å²) in [6, 6.07) is 0. The molecule has 1 fully saturated rings. The van der Waals surface area contributed by atoms with Crippen LogP contribution in [0.4, 0.5) is 5.95 Å². The molecule has 3 rings (SSSR count). The number of nitrogens with zero attached hydrogens (tertiary/aromatic N) is 5. The van der Waals surface area contributed by atoms with Crippen molar-refractivity contribution in [3.8, 4) is 5.88 Å². The number of piperidine rings is 1. The second-order valence-electron chi connectivity index (χ2n) is 6.59. The Bertz CT molecular complexity index is 693. The zero-order valence-electron chi connectivity index (χ0n) is 14.9. The van der Waals surface area contributed by atoms with Crippen molar-refractivity contribution in [1.29, 1.82) is 0 Å². The third kappa shape index (κ3) is 3.80. The Labute approximate surface area is 143 Å². The van der Waals surface area contributed by atoms with Crippen LogP contribution >= 0.6 is 0 Å². The third-order valence-corrected chi connectivity index (χ3v) is 4.58. The van der Waals surface area contributed by atoms with Crippen LogP contribution in [0.2, 0.25) is 0 Å². The van der Waals surface area contributed by atoms with Gasteiger partial charge in [0.05, 0.1) is 6.61 Å². The molecule has 0 bridgehead atoms. The summed E-state index contributed by atoms with van der Waals surface area (Å²) >= 11 is 0. The molecule has 0 aliphatic carbocycles. The van der Waals surface area contributed by atoms with E-state index in [2.05, 4.69) is 24.8 Å². The SMILES string of the molecule is Cc1cnc(N2CCC(COc3nc(C)nc(C)c3C)CC2)nc1. The fourth-order valence-corrected chi connectivity index (χ4v) is 2.92. The number of rotatable bonds is 4. The van der Waals surface area contributed by atoms with Gasteiger partial charge in [-0.15, -0.1) is 0 Å². The highest BCUT2D eigenvalue weighted by Gasteiger charge is 2.22. The fourth-order valence-electron chi connectivity index (χ4n) is 2.92. The van der Waals surface area contributed by atoms with E-state index < -0.39 is 0 Å². The Morgan fingerprint density at radius 2 is 1.71 bits per heavy atom. The Kier molecular flexibility index (Phi) is 4.92. The second kappa shape index (κ2) is 7.11. The summed E-state index contributed by atoms with van der Waals surface area (Å²) in [4.78, 5) is 19.9. The van der Waals surface area contributed by atoms with E-state index in [0.29, 0.717) is 12.5 Å². The van der Waals surface area contributed by atoms with Gasteiger partial charge >= 0.3 is 0 Å². The second-order valence-corrected chi connectivity index (χ2v) is 6.59. The molecule has 0 N–H and O–H groups in total. The van der Waals surface area contributed by atoms with Gasteiger partial charge in [0.2, 0.25) is 11.8 Å². The summed E-state index contributed by atoms with van der Waals surface area (Å²) in [5.74, 6) is 2.86. The molecule has 2 aromatic heterocycles. The minimum atomic E-state index is 0.543. The summed E-state index contributed by atoms with van der Waals surface area (Å²) in [5.41, 5.74) is 3.11. The molecule has 1 saturated heterocycles. The van der Waals surface area contributed by atoms with Crippen LogP contribution in [0.5, 0.6) is 5.88 Å². The van der Waals surface area contributed by atoms with E-state index in [1.807, 2.05) is 40.1 Å². The standard InChI is InChI=1S/C18H25N5O/c1-12-9-19-18(20-10-12)23-7-5-16(6-8-23)11-24-17-13(2)14(3)21-15(4)22-17/h9-10,16H,5-8,11H2,1-4H3. The smallest absolute Gasteiger partial charge is 0.225 e. The van der Waals surface area contributed by atoms with Gasteiger partial charge in [0.15, 0.2) is 0 Å². The van der Waals surface area contributed by atoms with E-state index in [1.165, 1.54) is 0 Å². The molecule has 0 aromatic carbocycles. The van der Waals surface area contributed by atoms with E-state index in [1.54, 1.807) is 0 Å². The van der Waals surface area contributed by atoms with Crippen molar-refractivity contribution in [2.24, 2.45) is 5.92 Å². The van der Waals surface area contributed by atoms with Gasteiger partial charge in [-0.25, -0.2) is 15.0 Å². The Morgan fingerprint density at radius 3 is 2.38 bits per heavy atom. The first-order valence-electron chi connectivity index (χ1n) is 8.51. The molecule has 0 spiro atoms. The average molecular weight is 327 g/mol. The maximum absolute atomic E-state index is 5.99. The minimum Gasteiger partial charge on any atom is -0.477 e. The molecule has 1 aliphatic heterocycles. The van der Waals surface area contributed by atoms with Crippen molar-refractivity contribution < 1.29 is 4.74 Å². The van der Waals surface area contributed by atoms with Crippen LogP contribution in [-0.4, -0.2) is 39.6 Å². The first-order valence-corrected chi connectivity index (χ1v) is 8.51. The van der Waals surface area contributed by atoms with Gasteiger partial charge in [0.1, 0.15) is 5.82 Å². The lowest BCUT2D eigenvalue weighted by Gasteiger charge is -2.31. The summed E-state index contributed by atoms with van der Waals surface area (Å²) in [5, 5.41) is 0. The molecule has 0 saturated carbocycles. The molecule has 0 amide bonds. The molecule has 0 radical (unpaired) electrons. The highest BCUT2D eigenvalue weighted by atomic mass is 16.5. The Morgan fingerprint density at radius 1 is 1.04 bits per heavy atom. The van der Waals surface area contributed by atoms with Crippen LogP contribution in [0.15, 0.2) is 12.4 Å². The van der Waals surface area contributed by atoms with Crippen LogP contribution in [0.3, 0.4) is 0 Å². The number of ether oxygens (including phenoxy) is 1. The van der Waals surface area contributed by atoms with Gasteiger partial charge in [0, 0.05) is 36.7 Å². The molecule has 6 heteroatoms. The maximum Gasteiger partial charge on any atom is 0.225 e. The minimum absolute atomic E-state index is 0.543. The third-order valence-electron chi connectivity index (χ3n) is 4.58. The summed E-state index contributed by atoms with van der Waals surface area (Å²) in [7, 11) is 0. The van der Waals surface area contributed by atoms with Crippen LogP contribution in [0, 0.1) is 33.6 Å². The predicted molar refractivity (Wildman–Crippen MR) is 93.4 cm³/mol. The predicted octanol–water partition coefficient (Wildman–Crippen LogP) is 2.80. The van der Waals surface area contributed by atoms with Crippen LogP contribution in [0.1, 0.15) is 35.5 Å². The van der Waals surface area contributed by atoms with E-state index in [4.69, 9.17) is 4.74 Å². The van der Waals surface area contributed by atoms with Crippen molar-refractivity contribution >= 4 is 5.95 Å². The normalized spacial score (nSPS) is 15.6. The van der Waals surface area contributed by atoms with Gasteiger partial charge in [-0.1, -0.05) is 0 Å². The zero-order valence-corrected chi connectivity index (χ0v) is 14.9. The first kappa shape index (κ1) is 16.6. The highest BCUT2D eigenvalue weighted by Crippen LogP contribution is 2.23. The first-order chi connectivity index (χ1) is 11.5. The molecular weight excluding hydrogens is 302 g/mol. The molecule has 3 heterocycles. The monoisotopic (exact) mass is 327 g/mol. The lowest BCUT2D eigenvalue weighted by atomic mass is 9.98. The lowest BCUT2D eigenvalue weighted by molar-refractivity contribution is 0.213.